The molecule has 2 aromatic rings. The van der Waals surface area contributed by atoms with Gasteiger partial charge in [0.05, 0.1) is 5.69 Å². The van der Waals surface area contributed by atoms with E-state index in [1.165, 1.54) is 11.3 Å². The van der Waals surface area contributed by atoms with Crippen molar-refractivity contribution in [3.05, 3.63) is 78.0 Å². The first-order valence-corrected chi connectivity index (χ1v) is 7.42. The minimum absolute atomic E-state index is 0.994. The van der Waals surface area contributed by atoms with Crippen molar-refractivity contribution in [1.82, 2.24) is 10.3 Å². The highest BCUT2D eigenvalue weighted by atomic mass is 15.4. The van der Waals surface area contributed by atoms with Gasteiger partial charge in [0, 0.05) is 31.8 Å². The van der Waals surface area contributed by atoms with Crippen molar-refractivity contribution in [3.8, 4) is 0 Å². The van der Waals surface area contributed by atoms with E-state index in [4.69, 9.17) is 0 Å². The van der Waals surface area contributed by atoms with Crippen molar-refractivity contribution in [1.29, 1.82) is 0 Å². The highest BCUT2D eigenvalue weighted by Crippen LogP contribution is 2.12. The first-order valence-electron chi connectivity index (χ1n) is 7.42. The van der Waals surface area contributed by atoms with Gasteiger partial charge in [-0.05, 0) is 23.8 Å². The summed E-state index contributed by atoms with van der Waals surface area (Å²) >= 11 is 0. The fourth-order valence-electron chi connectivity index (χ4n) is 2.48. The summed E-state index contributed by atoms with van der Waals surface area (Å²) in [6.07, 6.45) is 3.31. The first-order chi connectivity index (χ1) is 10.4. The second kappa shape index (κ2) is 6.95. The Morgan fingerprint density at radius 3 is 2.24 bits per heavy atom. The van der Waals surface area contributed by atoms with Crippen LogP contribution in [0.3, 0.4) is 0 Å². The fourth-order valence-corrected chi connectivity index (χ4v) is 2.48. The Morgan fingerprint density at radius 1 is 0.857 bits per heavy atom. The lowest BCUT2D eigenvalue weighted by molar-refractivity contribution is 0.283. The normalized spacial score (nSPS) is 15.3. The monoisotopic (exact) mass is 279 g/mol. The van der Waals surface area contributed by atoms with Crippen LogP contribution >= 0.6 is 0 Å². The van der Waals surface area contributed by atoms with Crippen molar-refractivity contribution in [2.24, 2.45) is 0 Å². The average molecular weight is 279 g/mol. The first kappa shape index (κ1) is 13.7. The molecule has 0 unspecified atom stereocenters. The molecule has 2 N–H and O–H groups in total. The van der Waals surface area contributed by atoms with Crippen LogP contribution in [0.5, 0.6) is 0 Å². The molecule has 0 saturated carbocycles. The van der Waals surface area contributed by atoms with Crippen LogP contribution in [0, 0.1) is 0 Å². The molecule has 0 spiro atoms. The lowest BCUT2D eigenvalue weighted by Gasteiger charge is -2.27. The fraction of sp³-hybridized carbons (Fsp3) is 0.222. The Bertz CT molecular complexity index is 578. The van der Waals surface area contributed by atoms with Gasteiger partial charge in [-0.25, -0.2) is 0 Å². The lowest BCUT2D eigenvalue weighted by atomic mass is 10.1. The maximum Gasteiger partial charge on any atom is 0.0539 e. The van der Waals surface area contributed by atoms with Gasteiger partial charge in [0.1, 0.15) is 0 Å². The summed E-state index contributed by atoms with van der Waals surface area (Å²) in [6.45, 7) is 3.11. The van der Waals surface area contributed by atoms with Crippen molar-refractivity contribution >= 4 is 5.69 Å². The summed E-state index contributed by atoms with van der Waals surface area (Å²) in [5.41, 5.74) is 10.3. The minimum Gasteiger partial charge on any atom is -0.305 e. The van der Waals surface area contributed by atoms with Gasteiger partial charge in [-0.15, -0.1) is 0 Å². The molecule has 2 aromatic carbocycles. The topological polar surface area (TPSA) is 27.3 Å². The second-order valence-corrected chi connectivity index (χ2v) is 5.32. The lowest BCUT2D eigenvalue weighted by Crippen LogP contribution is -2.33. The number of para-hydroxylation sites is 1. The van der Waals surface area contributed by atoms with Crippen molar-refractivity contribution in [2.75, 3.05) is 18.5 Å². The minimum atomic E-state index is 0.994. The maximum absolute atomic E-state index is 3.31. The zero-order valence-electron chi connectivity index (χ0n) is 12.1. The predicted octanol–water partition coefficient (Wildman–Crippen LogP) is 3.39. The molecule has 0 aromatic heterocycles. The Balaban J connectivity index is 1.48. The molecule has 3 rings (SSSR count). The van der Waals surface area contributed by atoms with Crippen LogP contribution in [-0.2, 0) is 6.54 Å². The number of nitrogens with zero attached hydrogens (tertiary/aromatic N) is 1. The van der Waals surface area contributed by atoms with Crippen molar-refractivity contribution in [3.63, 3.8) is 0 Å². The smallest absolute Gasteiger partial charge is 0.0539 e. The summed E-state index contributed by atoms with van der Waals surface area (Å²) in [6, 6.07) is 20.8. The van der Waals surface area contributed by atoms with Crippen LogP contribution in [0.2, 0.25) is 0 Å². The van der Waals surface area contributed by atoms with Gasteiger partial charge in [-0.2, -0.15) is 0 Å². The third kappa shape index (κ3) is 4.10. The highest BCUT2D eigenvalue weighted by Gasteiger charge is 2.11. The quantitative estimate of drug-likeness (QED) is 0.822. The van der Waals surface area contributed by atoms with Gasteiger partial charge in [0.2, 0.25) is 0 Å². The molecule has 0 bridgehead atoms. The molecule has 0 aliphatic carbocycles. The van der Waals surface area contributed by atoms with Gasteiger partial charge in [-0.1, -0.05) is 48.5 Å². The molecule has 1 aliphatic heterocycles. The van der Waals surface area contributed by atoms with Gasteiger partial charge in [0.25, 0.3) is 0 Å². The zero-order valence-corrected chi connectivity index (χ0v) is 12.1. The number of nitrogens with one attached hydrogen (secondary N) is 2. The Kier molecular flexibility index (Phi) is 4.54. The van der Waals surface area contributed by atoms with E-state index < -0.39 is 0 Å². The number of hydrogen-bond acceptors (Lipinski definition) is 3. The molecule has 3 nitrogen and oxygen atoms in total. The standard InChI is InChI=1S/C18H21N3/c1-3-7-16(8-4-1)15-21-13-11-18(12-14-21)20-19-17-9-5-2-6-10-17/h1-11,19-20H,12-15H2. The van der Waals surface area contributed by atoms with Crippen LogP contribution in [0.1, 0.15) is 12.0 Å². The third-order valence-corrected chi connectivity index (χ3v) is 3.68. The number of anilines is 1. The predicted molar refractivity (Wildman–Crippen MR) is 87.6 cm³/mol. The van der Waals surface area contributed by atoms with E-state index in [1.54, 1.807) is 0 Å². The SMILES string of the molecule is C1=C(NNc2ccccc2)CCN(Cc2ccccc2)C1. The van der Waals surface area contributed by atoms with E-state index in [2.05, 4.69) is 64.3 Å². The van der Waals surface area contributed by atoms with Gasteiger partial charge in [-0.3, -0.25) is 4.90 Å². The molecule has 1 aliphatic rings. The average Bonchev–Trinajstić information content (AvgIpc) is 2.56. The van der Waals surface area contributed by atoms with Crippen LogP contribution < -0.4 is 10.9 Å². The van der Waals surface area contributed by atoms with Gasteiger partial charge < -0.3 is 10.9 Å². The molecule has 1 heterocycles. The van der Waals surface area contributed by atoms with E-state index >= 15 is 0 Å². The molecular weight excluding hydrogens is 258 g/mol. The molecule has 0 fully saturated rings. The second-order valence-electron chi connectivity index (χ2n) is 5.32. The molecule has 0 amide bonds. The molecule has 108 valence electrons. The van der Waals surface area contributed by atoms with Crippen LogP contribution in [0.4, 0.5) is 5.69 Å². The Hall–Kier alpha value is -2.26. The van der Waals surface area contributed by atoms with Gasteiger partial charge >= 0.3 is 0 Å². The van der Waals surface area contributed by atoms with Crippen LogP contribution in [0.15, 0.2) is 72.4 Å². The van der Waals surface area contributed by atoms with Crippen LogP contribution in [-0.4, -0.2) is 18.0 Å². The highest BCUT2D eigenvalue weighted by molar-refractivity contribution is 5.42. The summed E-state index contributed by atoms with van der Waals surface area (Å²) in [5, 5.41) is 0. The number of hydrazine groups is 1. The molecule has 0 saturated heterocycles. The molecule has 3 heteroatoms. The number of hydrogen-bond donors (Lipinski definition) is 2. The van der Waals surface area contributed by atoms with Crippen LogP contribution in [0.25, 0.3) is 0 Å². The van der Waals surface area contributed by atoms with E-state index in [-0.39, 0.29) is 0 Å². The Morgan fingerprint density at radius 2 is 1.57 bits per heavy atom. The van der Waals surface area contributed by atoms with Gasteiger partial charge in [0.15, 0.2) is 0 Å². The summed E-state index contributed by atoms with van der Waals surface area (Å²) in [5.74, 6) is 0. The molecule has 21 heavy (non-hydrogen) atoms. The number of rotatable bonds is 5. The van der Waals surface area contributed by atoms with E-state index in [1.807, 2.05) is 18.2 Å². The van der Waals surface area contributed by atoms with Crippen molar-refractivity contribution < 1.29 is 0 Å². The van der Waals surface area contributed by atoms with E-state index in [9.17, 15) is 0 Å². The summed E-state index contributed by atoms with van der Waals surface area (Å²) in [7, 11) is 0. The molecule has 0 atom stereocenters. The molecular formula is C18H21N3. The van der Waals surface area contributed by atoms with E-state index in [0.29, 0.717) is 0 Å². The van der Waals surface area contributed by atoms with Crippen molar-refractivity contribution in [2.45, 2.75) is 13.0 Å². The number of benzene rings is 2. The summed E-state index contributed by atoms with van der Waals surface area (Å²) < 4.78 is 0. The van der Waals surface area contributed by atoms with E-state index in [0.717, 1.165) is 31.7 Å². The Labute approximate surface area is 126 Å². The third-order valence-electron chi connectivity index (χ3n) is 3.68. The summed E-state index contributed by atoms with van der Waals surface area (Å²) in [4.78, 5) is 2.46. The largest absolute Gasteiger partial charge is 0.305 e. The molecule has 0 radical (unpaired) electrons. The zero-order chi connectivity index (χ0) is 14.3. The maximum atomic E-state index is 3.31.